The fraction of sp³-hybridized carbons (Fsp3) is 0.143. The lowest BCUT2D eigenvalue weighted by atomic mass is 10.0. The standard InChI is InChI=1S/C14H19N/c1-5-8-10-13(7-3)14(12(4)15)11-9-6-2/h5-11H,1-2,15H2,3-4H3/b10-8-,11-9-,13-7+,14-12-. The quantitative estimate of drug-likeness (QED) is 0.675. The molecule has 80 valence electrons. The van der Waals surface area contributed by atoms with Crippen LogP contribution < -0.4 is 5.73 Å². The molecule has 2 N–H and O–H groups in total. The van der Waals surface area contributed by atoms with Gasteiger partial charge < -0.3 is 5.73 Å². The maximum Gasteiger partial charge on any atom is 0.0128 e. The summed E-state index contributed by atoms with van der Waals surface area (Å²) in [5, 5.41) is 0. The summed E-state index contributed by atoms with van der Waals surface area (Å²) < 4.78 is 0. The molecular formula is C14H19N. The normalized spacial score (nSPS) is 14.4. The zero-order chi connectivity index (χ0) is 11.7. The van der Waals surface area contributed by atoms with Gasteiger partial charge in [-0.25, -0.2) is 0 Å². The van der Waals surface area contributed by atoms with Crippen LogP contribution in [0.3, 0.4) is 0 Å². The van der Waals surface area contributed by atoms with E-state index in [1.807, 2.05) is 44.2 Å². The van der Waals surface area contributed by atoms with Crippen LogP contribution in [0, 0.1) is 0 Å². The third-order valence-corrected chi connectivity index (χ3v) is 1.86. The Morgan fingerprint density at radius 3 is 2.00 bits per heavy atom. The minimum atomic E-state index is 0.787. The molecule has 0 amide bonds. The molecule has 0 atom stereocenters. The van der Waals surface area contributed by atoms with Crippen molar-refractivity contribution < 1.29 is 0 Å². The summed E-state index contributed by atoms with van der Waals surface area (Å²) in [6.45, 7) is 11.1. The number of allylic oxidation sites excluding steroid dienone is 10. The Morgan fingerprint density at radius 1 is 1.07 bits per heavy atom. The second-order valence-corrected chi connectivity index (χ2v) is 3.03. The smallest absolute Gasteiger partial charge is 0.0128 e. The largest absolute Gasteiger partial charge is 0.402 e. The van der Waals surface area contributed by atoms with Crippen molar-refractivity contribution in [3.8, 4) is 0 Å². The molecule has 0 aliphatic carbocycles. The molecule has 0 saturated carbocycles. The van der Waals surface area contributed by atoms with Gasteiger partial charge in [-0.1, -0.05) is 55.7 Å². The molecular weight excluding hydrogens is 182 g/mol. The Balaban J connectivity index is 5.16. The van der Waals surface area contributed by atoms with E-state index in [-0.39, 0.29) is 0 Å². The van der Waals surface area contributed by atoms with Crippen LogP contribution >= 0.6 is 0 Å². The lowest BCUT2D eigenvalue weighted by Gasteiger charge is -2.05. The van der Waals surface area contributed by atoms with Gasteiger partial charge in [0.2, 0.25) is 0 Å². The third kappa shape index (κ3) is 4.87. The number of hydrogen-bond acceptors (Lipinski definition) is 1. The Morgan fingerprint density at radius 2 is 1.60 bits per heavy atom. The predicted octanol–water partition coefficient (Wildman–Crippen LogP) is 3.65. The highest BCUT2D eigenvalue weighted by atomic mass is 14.6. The van der Waals surface area contributed by atoms with Gasteiger partial charge in [0, 0.05) is 5.70 Å². The average molecular weight is 201 g/mol. The monoisotopic (exact) mass is 201 g/mol. The Bertz CT molecular complexity index is 334. The second-order valence-electron chi connectivity index (χ2n) is 3.03. The maximum absolute atomic E-state index is 5.82. The third-order valence-electron chi connectivity index (χ3n) is 1.86. The molecule has 0 bridgehead atoms. The van der Waals surface area contributed by atoms with Crippen LogP contribution in [0.15, 0.2) is 72.5 Å². The van der Waals surface area contributed by atoms with E-state index in [4.69, 9.17) is 5.73 Å². The highest BCUT2D eigenvalue weighted by Crippen LogP contribution is 2.15. The molecule has 0 aliphatic heterocycles. The van der Waals surface area contributed by atoms with E-state index in [1.54, 1.807) is 12.2 Å². The van der Waals surface area contributed by atoms with E-state index < -0.39 is 0 Å². The van der Waals surface area contributed by atoms with Crippen LogP contribution in [-0.2, 0) is 0 Å². The molecule has 1 heteroatoms. The first-order chi connectivity index (χ1) is 7.17. The fourth-order valence-electron chi connectivity index (χ4n) is 1.13. The van der Waals surface area contributed by atoms with Gasteiger partial charge in [-0.2, -0.15) is 0 Å². The predicted molar refractivity (Wildman–Crippen MR) is 69.3 cm³/mol. The fourth-order valence-corrected chi connectivity index (χ4v) is 1.13. The zero-order valence-electron chi connectivity index (χ0n) is 9.53. The van der Waals surface area contributed by atoms with E-state index in [2.05, 4.69) is 13.2 Å². The van der Waals surface area contributed by atoms with Crippen molar-refractivity contribution in [3.05, 3.63) is 72.5 Å². The van der Waals surface area contributed by atoms with Crippen LogP contribution in [0.5, 0.6) is 0 Å². The van der Waals surface area contributed by atoms with Crippen molar-refractivity contribution in [1.82, 2.24) is 0 Å². The summed E-state index contributed by atoms with van der Waals surface area (Å²) in [6.07, 6.45) is 13.2. The summed E-state index contributed by atoms with van der Waals surface area (Å²) >= 11 is 0. The van der Waals surface area contributed by atoms with Crippen LogP contribution in [0.25, 0.3) is 0 Å². The highest BCUT2D eigenvalue weighted by Gasteiger charge is 1.99. The van der Waals surface area contributed by atoms with Gasteiger partial charge in [0.1, 0.15) is 0 Å². The molecule has 0 saturated heterocycles. The minimum Gasteiger partial charge on any atom is -0.402 e. The van der Waals surface area contributed by atoms with E-state index in [1.165, 1.54) is 0 Å². The van der Waals surface area contributed by atoms with Crippen LogP contribution in [0.1, 0.15) is 13.8 Å². The van der Waals surface area contributed by atoms with E-state index >= 15 is 0 Å². The zero-order valence-corrected chi connectivity index (χ0v) is 9.53. The molecule has 0 fully saturated rings. The first-order valence-corrected chi connectivity index (χ1v) is 4.88. The average Bonchev–Trinajstić information content (AvgIpc) is 2.22. The molecule has 0 aromatic heterocycles. The molecule has 15 heavy (non-hydrogen) atoms. The van der Waals surface area contributed by atoms with Crippen molar-refractivity contribution >= 4 is 0 Å². The van der Waals surface area contributed by atoms with Gasteiger partial charge in [0.05, 0.1) is 0 Å². The SMILES string of the molecule is C=C\C=C/C(=C(\C)N)C(/C=C\C=C)=C/C. The Kier molecular flexibility index (Phi) is 6.73. The van der Waals surface area contributed by atoms with E-state index in [9.17, 15) is 0 Å². The highest BCUT2D eigenvalue weighted by molar-refractivity contribution is 5.49. The van der Waals surface area contributed by atoms with Crippen LogP contribution in [0.2, 0.25) is 0 Å². The summed E-state index contributed by atoms with van der Waals surface area (Å²) in [5.41, 5.74) is 8.69. The second kappa shape index (κ2) is 7.63. The molecule has 0 spiro atoms. The lowest BCUT2D eigenvalue weighted by Crippen LogP contribution is -1.98. The summed E-state index contributed by atoms with van der Waals surface area (Å²) in [6, 6.07) is 0. The van der Waals surface area contributed by atoms with Crippen molar-refractivity contribution in [2.75, 3.05) is 0 Å². The molecule has 0 aliphatic rings. The van der Waals surface area contributed by atoms with Crippen molar-refractivity contribution in [2.24, 2.45) is 5.73 Å². The number of hydrogen-bond donors (Lipinski definition) is 1. The lowest BCUT2D eigenvalue weighted by molar-refractivity contribution is 1.25. The molecule has 0 aromatic rings. The first kappa shape index (κ1) is 13.2. The first-order valence-electron chi connectivity index (χ1n) is 4.88. The summed E-state index contributed by atoms with van der Waals surface area (Å²) in [4.78, 5) is 0. The minimum absolute atomic E-state index is 0.787. The van der Waals surface area contributed by atoms with Crippen molar-refractivity contribution in [3.63, 3.8) is 0 Å². The summed E-state index contributed by atoms with van der Waals surface area (Å²) in [5.74, 6) is 0. The number of nitrogens with two attached hydrogens (primary N) is 1. The van der Waals surface area contributed by atoms with Gasteiger partial charge in [-0.3, -0.25) is 0 Å². The van der Waals surface area contributed by atoms with Gasteiger partial charge >= 0.3 is 0 Å². The molecule has 1 nitrogen and oxygen atoms in total. The molecule has 0 unspecified atom stereocenters. The van der Waals surface area contributed by atoms with Crippen LogP contribution in [0.4, 0.5) is 0 Å². The van der Waals surface area contributed by atoms with E-state index in [0.29, 0.717) is 0 Å². The summed E-state index contributed by atoms with van der Waals surface area (Å²) in [7, 11) is 0. The Hall–Kier alpha value is -1.76. The van der Waals surface area contributed by atoms with Gasteiger partial charge in [-0.05, 0) is 25.0 Å². The molecule has 0 aromatic carbocycles. The molecule has 0 heterocycles. The maximum atomic E-state index is 5.82. The van der Waals surface area contributed by atoms with Crippen molar-refractivity contribution in [2.45, 2.75) is 13.8 Å². The van der Waals surface area contributed by atoms with Crippen LogP contribution in [-0.4, -0.2) is 0 Å². The van der Waals surface area contributed by atoms with E-state index in [0.717, 1.165) is 16.8 Å². The van der Waals surface area contributed by atoms with Gasteiger partial charge in [0.15, 0.2) is 0 Å². The van der Waals surface area contributed by atoms with Crippen molar-refractivity contribution in [1.29, 1.82) is 0 Å². The van der Waals surface area contributed by atoms with Gasteiger partial charge in [-0.15, -0.1) is 0 Å². The Labute approximate surface area is 92.7 Å². The molecule has 0 rings (SSSR count). The topological polar surface area (TPSA) is 26.0 Å². The van der Waals surface area contributed by atoms with Gasteiger partial charge in [0.25, 0.3) is 0 Å². The molecule has 0 radical (unpaired) electrons. The number of rotatable bonds is 5.